The van der Waals surface area contributed by atoms with E-state index in [2.05, 4.69) is 10.3 Å². The van der Waals surface area contributed by atoms with Crippen molar-refractivity contribution in [3.8, 4) is 0 Å². The monoisotopic (exact) mass is 364 g/mol. The molecule has 0 aliphatic rings. The number of hydrogen-bond donors (Lipinski definition) is 0. The Kier molecular flexibility index (Phi) is 5.76. The Morgan fingerprint density at radius 2 is 1.89 bits per heavy atom. The molecule has 138 valence electrons. The van der Waals surface area contributed by atoms with E-state index < -0.39 is 0 Å². The van der Waals surface area contributed by atoms with Crippen LogP contribution in [-0.2, 0) is 11.3 Å². The second kappa shape index (κ2) is 8.40. The van der Waals surface area contributed by atoms with Gasteiger partial charge >= 0.3 is 0 Å². The van der Waals surface area contributed by atoms with Gasteiger partial charge in [-0.3, -0.25) is 4.79 Å². The van der Waals surface area contributed by atoms with Gasteiger partial charge in [0.15, 0.2) is 0 Å². The quantitative estimate of drug-likeness (QED) is 0.627. The van der Waals surface area contributed by atoms with E-state index in [4.69, 9.17) is 0 Å². The molecule has 0 N–H and O–H groups in total. The van der Waals surface area contributed by atoms with Crippen LogP contribution in [-0.4, -0.2) is 32.8 Å². The van der Waals surface area contributed by atoms with Crippen LogP contribution in [0.2, 0.25) is 0 Å². The van der Waals surface area contributed by atoms with E-state index in [9.17, 15) is 9.18 Å². The maximum Gasteiger partial charge on any atom is 0.246 e. The first-order valence-electron chi connectivity index (χ1n) is 8.67. The first-order chi connectivity index (χ1) is 13.0. The van der Waals surface area contributed by atoms with Crippen LogP contribution >= 0.6 is 0 Å². The normalized spacial score (nSPS) is 12.3. The molecule has 0 aliphatic carbocycles. The van der Waals surface area contributed by atoms with Crippen molar-refractivity contribution in [2.24, 2.45) is 0 Å². The molecule has 3 rings (SSSR count). The van der Waals surface area contributed by atoms with Gasteiger partial charge in [-0.2, -0.15) is 0 Å². The molecule has 1 aromatic heterocycles. The summed E-state index contributed by atoms with van der Waals surface area (Å²) >= 11 is 0. The number of benzene rings is 2. The summed E-state index contributed by atoms with van der Waals surface area (Å²) in [6, 6.07) is 15.9. The second-order valence-corrected chi connectivity index (χ2v) is 6.34. The molecule has 0 spiro atoms. The van der Waals surface area contributed by atoms with E-state index in [0.717, 1.165) is 11.1 Å². The number of hydrogen-bond acceptors (Lipinski definition) is 3. The van der Waals surface area contributed by atoms with Crippen LogP contribution in [0.25, 0.3) is 6.08 Å². The number of amides is 1. The minimum Gasteiger partial charge on any atom is -0.335 e. The molecular weight excluding hydrogens is 343 g/mol. The highest BCUT2D eigenvalue weighted by Crippen LogP contribution is 2.19. The molecule has 0 radical (unpaired) electrons. The fourth-order valence-corrected chi connectivity index (χ4v) is 2.67. The lowest BCUT2D eigenvalue weighted by molar-refractivity contribution is -0.126. The van der Waals surface area contributed by atoms with E-state index >= 15 is 0 Å². The highest BCUT2D eigenvalue weighted by Gasteiger charge is 2.15. The summed E-state index contributed by atoms with van der Waals surface area (Å²) in [5.74, 6) is -0.456. The Balaban J connectivity index is 1.61. The van der Waals surface area contributed by atoms with E-state index in [1.807, 2.05) is 37.3 Å². The van der Waals surface area contributed by atoms with Gasteiger partial charge < -0.3 is 4.90 Å². The van der Waals surface area contributed by atoms with Crippen LogP contribution in [0.5, 0.6) is 0 Å². The Morgan fingerprint density at radius 1 is 1.19 bits per heavy atom. The Bertz CT molecular complexity index is 919. The van der Waals surface area contributed by atoms with Gasteiger partial charge in [0.2, 0.25) is 5.91 Å². The third kappa shape index (κ3) is 4.88. The topological polar surface area (TPSA) is 51.0 Å². The smallest absolute Gasteiger partial charge is 0.246 e. The van der Waals surface area contributed by atoms with Crippen molar-refractivity contribution in [1.29, 1.82) is 0 Å². The van der Waals surface area contributed by atoms with Crippen LogP contribution in [0, 0.1) is 5.82 Å². The lowest BCUT2D eigenvalue weighted by Gasteiger charge is -2.24. The van der Waals surface area contributed by atoms with Crippen molar-refractivity contribution in [1.82, 2.24) is 19.9 Å². The van der Waals surface area contributed by atoms with Gasteiger partial charge in [-0.25, -0.2) is 9.07 Å². The SMILES string of the molecule is CC(c1ccc(F)cc1)N(C)C(=O)/C=C/c1cn(Cc2ccccc2)nn1. The summed E-state index contributed by atoms with van der Waals surface area (Å²) < 4.78 is 14.8. The van der Waals surface area contributed by atoms with Crippen LogP contribution in [0.1, 0.15) is 29.8 Å². The van der Waals surface area contributed by atoms with Crippen molar-refractivity contribution >= 4 is 12.0 Å². The molecule has 1 amide bonds. The number of halogens is 1. The lowest BCUT2D eigenvalue weighted by Crippen LogP contribution is -2.27. The van der Waals surface area contributed by atoms with Gasteiger partial charge in [0.1, 0.15) is 11.5 Å². The standard InChI is InChI=1S/C21H21FN4O/c1-16(18-8-10-19(22)11-9-18)25(2)21(27)13-12-20-15-26(24-23-20)14-17-6-4-3-5-7-17/h3-13,15-16H,14H2,1-2H3/b13-12+. The molecular formula is C21H21FN4O. The van der Waals surface area contributed by atoms with Gasteiger partial charge in [0.05, 0.1) is 18.8 Å². The Labute approximate surface area is 157 Å². The van der Waals surface area contributed by atoms with E-state index in [1.54, 1.807) is 41.0 Å². The van der Waals surface area contributed by atoms with Crippen molar-refractivity contribution in [3.05, 3.63) is 89.5 Å². The minimum atomic E-state index is -0.293. The first kappa shape index (κ1) is 18.5. The highest BCUT2D eigenvalue weighted by molar-refractivity contribution is 5.91. The highest BCUT2D eigenvalue weighted by atomic mass is 19.1. The molecule has 1 unspecified atom stereocenters. The molecule has 6 heteroatoms. The predicted octanol–water partition coefficient (Wildman–Crippen LogP) is 3.70. The summed E-state index contributed by atoms with van der Waals surface area (Å²) in [4.78, 5) is 14.0. The van der Waals surface area contributed by atoms with Crippen molar-refractivity contribution in [2.45, 2.75) is 19.5 Å². The lowest BCUT2D eigenvalue weighted by atomic mass is 10.1. The molecule has 5 nitrogen and oxygen atoms in total. The number of carbonyl (C=O) groups is 1. The van der Waals surface area contributed by atoms with Gasteiger partial charge in [-0.1, -0.05) is 47.7 Å². The summed E-state index contributed by atoms with van der Waals surface area (Å²) in [6.45, 7) is 2.52. The molecule has 27 heavy (non-hydrogen) atoms. The third-order valence-electron chi connectivity index (χ3n) is 4.42. The molecule has 0 fully saturated rings. The van der Waals surface area contributed by atoms with E-state index in [0.29, 0.717) is 12.2 Å². The molecule has 2 aromatic carbocycles. The predicted molar refractivity (Wildman–Crippen MR) is 102 cm³/mol. The average molecular weight is 364 g/mol. The summed E-state index contributed by atoms with van der Waals surface area (Å²) in [6.07, 6.45) is 4.90. The molecule has 0 saturated carbocycles. The second-order valence-electron chi connectivity index (χ2n) is 6.34. The fraction of sp³-hybridized carbons (Fsp3) is 0.190. The maximum absolute atomic E-state index is 13.1. The number of carbonyl (C=O) groups excluding carboxylic acids is 1. The van der Waals surface area contributed by atoms with Gasteiger partial charge in [-0.15, -0.1) is 5.10 Å². The maximum atomic E-state index is 13.1. The van der Waals surface area contributed by atoms with Crippen LogP contribution in [0.3, 0.4) is 0 Å². The van der Waals surface area contributed by atoms with Crippen molar-refractivity contribution in [3.63, 3.8) is 0 Å². The van der Waals surface area contributed by atoms with Gasteiger partial charge in [0, 0.05) is 13.1 Å². The summed E-state index contributed by atoms with van der Waals surface area (Å²) in [5, 5.41) is 8.15. The molecule has 0 aliphatic heterocycles. The van der Waals surface area contributed by atoms with Gasteiger partial charge in [0.25, 0.3) is 0 Å². The summed E-state index contributed by atoms with van der Waals surface area (Å²) in [5.41, 5.74) is 2.61. The first-order valence-corrected chi connectivity index (χ1v) is 8.67. The Hall–Kier alpha value is -3.28. The molecule has 0 saturated heterocycles. The third-order valence-corrected chi connectivity index (χ3v) is 4.42. The molecule has 1 atom stereocenters. The molecule has 0 bridgehead atoms. The van der Waals surface area contributed by atoms with Crippen LogP contribution in [0.4, 0.5) is 4.39 Å². The van der Waals surface area contributed by atoms with Crippen LogP contribution < -0.4 is 0 Å². The number of nitrogens with zero attached hydrogens (tertiary/aromatic N) is 4. The molecule has 1 heterocycles. The number of rotatable bonds is 6. The zero-order valence-corrected chi connectivity index (χ0v) is 15.3. The zero-order valence-electron chi connectivity index (χ0n) is 15.3. The van der Waals surface area contributed by atoms with E-state index in [1.165, 1.54) is 18.2 Å². The largest absolute Gasteiger partial charge is 0.335 e. The number of aromatic nitrogens is 3. The summed E-state index contributed by atoms with van der Waals surface area (Å²) in [7, 11) is 1.72. The van der Waals surface area contributed by atoms with Crippen molar-refractivity contribution < 1.29 is 9.18 Å². The minimum absolute atomic E-state index is 0.163. The average Bonchev–Trinajstić information content (AvgIpc) is 3.13. The van der Waals surface area contributed by atoms with Crippen LogP contribution in [0.15, 0.2) is 66.9 Å². The van der Waals surface area contributed by atoms with E-state index in [-0.39, 0.29) is 17.8 Å². The van der Waals surface area contributed by atoms with Gasteiger partial charge in [-0.05, 0) is 36.3 Å². The zero-order chi connectivity index (χ0) is 19.2. The van der Waals surface area contributed by atoms with Crippen molar-refractivity contribution in [2.75, 3.05) is 7.05 Å². The Morgan fingerprint density at radius 3 is 2.59 bits per heavy atom. The number of likely N-dealkylation sites (N-methyl/N-ethyl adjacent to an activating group) is 1. The fourth-order valence-electron chi connectivity index (χ4n) is 2.67. The molecule has 3 aromatic rings.